The van der Waals surface area contributed by atoms with E-state index in [9.17, 15) is 15.0 Å². The molecule has 0 radical (unpaired) electrons. The number of ether oxygens (including phenoxy) is 1. The zero-order chi connectivity index (χ0) is 24.1. The SMILES string of the molecule is Cn1cc(CCNc2ncnc3c2ncn3[C@@H]2O[C@H](C(=O)NC3CC3)[C@@H](O)[C@H]2O)c2ccccc21. The molecule has 0 unspecified atom stereocenters. The van der Waals surface area contributed by atoms with Crippen molar-refractivity contribution in [2.24, 2.45) is 7.05 Å². The van der Waals surface area contributed by atoms with Gasteiger partial charge in [-0.3, -0.25) is 9.36 Å². The van der Waals surface area contributed by atoms with Gasteiger partial charge in [0.15, 0.2) is 29.3 Å². The minimum absolute atomic E-state index is 0.124. The van der Waals surface area contributed by atoms with Crippen LogP contribution in [0.15, 0.2) is 43.1 Å². The van der Waals surface area contributed by atoms with E-state index in [1.165, 1.54) is 33.7 Å². The number of rotatable bonds is 7. The van der Waals surface area contributed by atoms with Crippen LogP contribution < -0.4 is 10.6 Å². The Kier molecular flexibility index (Phi) is 5.39. The van der Waals surface area contributed by atoms with E-state index in [1.807, 2.05) is 19.2 Å². The number of anilines is 1. The zero-order valence-electron chi connectivity index (χ0n) is 19.2. The molecule has 4 N–H and O–H groups in total. The van der Waals surface area contributed by atoms with E-state index < -0.39 is 30.4 Å². The average Bonchev–Trinajstić information content (AvgIpc) is 3.37. The number of nitrogens with one attached hydrogen (secondary N) is 2. The summed E-state index contributed by atoms with van der Waals surface area (Å²) >= 11 is 0. The van der Waals surface area contributed by atoms with E-state index in [4.69, 9.17) is 4.74 Å². The van der Waals surface area contributed by atoms with Gasteiger partial charge in [0.1, 0.15) is 18.5 Å². The highest BCUT2D eigenvalue weighted by Gasteiger charge is 2.48. The Morgan fingerprint density at radius 1 is 1.17 bits per heavy atom. The number of nitrogens with zero attached hydrogens (tertiary/aromatic N) is 5. The number of para-hydroxylation sites is 1. The summed E-state index contributed by atoms with van der Waals surface area (Å²) in [6.45, 7) is 0.637. The molecule has 1 amide bonds. The second kappa shape index (κ2) is 8.59. The van der Waals surface area contributed by atoms with Gasteiger partial charge in [-0.25, -0.2) is 15.0 Å². The molecule has 2 aliphatic rings. The van der Waals surface area contributed by atoms with Gasteiger partial charge in [0.25, 0.3) is 5.91 Å². The molecule has 11 heteroatoms. The lowest BCUT2D eigenvalue weighted by atomic mass is 10.1. The number of aliphatic hydroxyl groups excluding tert-OH is 2. The highest BCUT2D eigenvalue weighted by molar-refractivity contribution is 5.85. The molecule has 0 spiro atoms. The number of carbonyl (C=O) groups excluding carboxylic acids is 1. The van der Waals surface area contributed by atoms with Crippen molar-refractivity contribution in [1.29, 1.82) is 0 Å². The second-order valence-electron chi connectivity index (χ2n) is 9.22. The van der Waals surface area contributed by atoms with E-state index in [1.54, 1.807) is 0 Å². The number of amides is 1. The summed E-state index contributed by atoms with van der Waals surface area (Å²) in [6.07, 6.45) is 2.85. The predicted molar refractivity (Wildman–Crippen MR) is 128 cm³/mol. The lowest BCUT2D eigenvalue weighted by Crippen LogP contribution is -2.43. The first-order valence-corrected chi connectivity index (χ1v) is 11.8. The van der Waals surface area contributed by atoms with Gasteiger partial charge in [-0.2, -0.15) is 0 Å². The molecule has 4 aromatic rings. The topological polar surface area (TPSA) is 139 Å². The second-order valence-corrected chi connectivity index (χ2v) is 9.22. The molecule has 35 heavy (non-hydrogen) atoms. The van der Waals surface area contributed by atoms with Crippen molar-refractivity contribution in [3.05, 3.63) is 48.7 Å². The third kappa shape index (κ3) is 3.91. The lowest BCUT2D eigenvalue weighted by molar-refractivity contribution is -0.137. The van der Waals surface area contributed by atoms with Gasteiger partial charge in [0.2, 0.25) is 0 Å². The fourth-order valence-electron chi connectivity index (χ4n) is 4.72. The molecule has 1 aliphatic carbocycles. The fourth-order valence-corrected chi connectivity index (χ4v) is 4.72. The van der Waals surface area contributed by atoms with Gasteiger partial charge >= 0.3 is 0 Å². The maximum absolute atomic E-state index is 12.4. The van der Waals surface area contributed by atoms with Crippen molar-refractivity contribution in [3.63, 3.8) is 0 Å². The lowest BCUT2D eigenvalue weighted by Gasteiger charge is -2.16. The van der Waals surface area contributed by atoms with E-state index in [0.29, 0.717) is 23.5 Å². The molecule has 1 saturated carbocycles. The zero-order valence-corrected chi connectivity index (χ0v) is 19.2. The van der Waals surface area contributed by atoms with Crippen LogP contribution in [0, 0.1) is 0 Å². The van der Waals surface area contributed by atoms with Crippen molar-refractivity contribution >= 4 is 33.8 Å². The molecule has 182 valence electrons. The summed E-state index contributed by atoms with van der Waals surface area (Å²) in [5.41, 5.74) is 3.37. The Hall–Kier alpha value is -3.54. The minimum Gasteiger partial charge on any atom is -0.387 e. The third-order valence-corrected chi connectivity index (χ3v) is 6.72. The summed E-state index contributed by atoms with van der Waals surface area (Å²) in [7, 11) is 2.04. The van der Waals surface area contributed by atoms with Crippen molar-refractivity contribution in [2.45, 2.75) is 49.8 Å². The third-order valence-electron chi connectivity index (χ3n) is 6.72. The Morgan fingerprint density at radius 3 is 2.83 bits per heavy atom. The maximum Gasteiger partial charge on any atom is 0.252 e. The number of aryl methyl sites for hydroxylation is 1. The Morgan fingerprint density at radius 2 is 2.00 bits per heavy atom. The Balaban J connectivity index is 1.19. The number of hydrogen-bond acceptors (Lipinski definition) is 8. The van der Waals surface area contributed by atoms with Crippen LogP contribution in [0.1, 0.15) is 24.6 Å². The van der Waals surface area contributed by atoms with Gasteiger partial charge < -0.3 is 30.2 Å². The largest absolute Gasteiger partial charge is 0.387 e. The van der Waals surface area contributed by atoms with E-state index in [2.05, 4.69) is 48.5 Å². The van der Waals surface area contributed by atoms with Crippen LogP contribution in [0.3, 0.4) is 0 Å². The van der Waals surface area contributed by atoms with Crippen molar-refractivity contribution in [3.8, 4) is 0 Å². The minimum atomic E-state index is -1.35. The number of aliphatic hydroxyl groups is 2. The molecule has 6 rings (SSSR count). The van der Waals surface area contributed by atoms with Crippen molar-refractivity contribution in [2.75, 3.05) is 11.9 Å². The number of benzene rings is 1. The molecule has 1 aliphatic heterocycles. The van der Waals surface area contributed by atoms with Gasteiger partial charge in [0, 0.05) is 36.7 Å². The first kappa shape index (κ1) is 22.0. The molecule has 1 aromatic carbocycles. The van der Waals surface area contributed by atoms with Crippen LogP contribution in [-0.4, -0.2) is 71.1 Å². The highest BCUT2D eigenvalue weighted by Crippen LogP contribution is 2.33. The number of carbonyl (C=O) groups is 1. The van der Waals surface area contributed by atoms with E-state index in [0.717, 1.165) is 19.3 Å². The number of aromatic nitrogens is 5. The summed E-state index contributed by atoms with van der Waals surface area (Å²) in [5, 5.41) is 28.4. The molecule has 2 fully saturated rings. The normalized spacial score (nSPS) is 24.3. The predicted octanol–water partition coefficient (Wildman–Crippen LogP) is 0.870. The van der Waals surface area contributed by atoms with E-state index in [-0.39, 0.29) is 6.04 Å². The molecule has 0 bridgehead atoms. The molecule has 3 aromatic heterocycles. The molecule has 4 atom stereocenters. The summed E-state index contributed by atoms with van der Waals surface area (Å²) in [5.74, 6) is 0.140. The van der Waals surface area contributed by atoms with Crippen LogP contribution in [0.2, 0.25) is 0 Å². The van der Waals surface area contributed by atoms with Crippen LogP contribution in [-0.2, 0) is 23.0 Å². The summed E-state index contributed by atoms with van der Waals surface area (Å²) in [6, 6.07) is 8.41. The van der Waals surface area contributed by atoms with Crippen molar-refractivity contribution in [1.82, 2.24) is 29.4 Å². The van der Waals surface area contributed by atoms with Crippen LogP contribution >= 0.6 is 0 Å². The summed E-state index contributed by atoms with van der Waals surface area (Å²) < 4.78 is 9.43. The first-order valence-electron chi connectivity index (χ1n) is 11.8. The molecular formula is C24H27N7O4. The van der Waals surface area contributed by atoms with E-state index >= 15 is 0 Å². The quantitative estimate of drug-likeness (QED) is 0.308. The Labute approximate surface area is 200 Å². The number of imidazole rings is 1. The van der Waals surface area contributed by atoms with Crippen LogP contribution in [0.25, 0.3) is 22.1 Å². The fraction of sp³-hybridized carbons (Fsp3) is 0.417. The molecule has 11 nitrogen and oxygen atoms in total. The monoisotopic (exact) mass is 477 g/mol. The van der Waals surface area contributed by atoms with Crippen LogP contribution in [0.4, 0.5) is 5.82 Å². The summed E-state index contributed by atoms with van der Waals surface area (Å²) in [4.78, 5) is 25.5. The maximum atomic E-state index is 12.4. The van der Waals surface area contributed by atoms with Crippen LogP contribution in [0.5, 0.6) is 0 Å². The van der Waals surface area contributed by atoms with Gasteiger partial charge in [-0.15, -0.1) is 0 Å². The molecule has 4 heterocycles. The van der Waals surface area contributed by atoms with Gasteiger partial charge in [0.05, 0.1) is 6.33 Å². The number of fused-ring (bicyclic) bond motifs is 2. The molecular weight excluding hydrogens is 450 g/mol. The smallest absolute Gasteiger partial charge is 0.252 e. The standard InChI is InChI=1S/C24H27N7O4/c1-30-10-13(15-4-2-3-5-16(15)30)8-9-25-21-17-22(27-11-26-21)31(12-28-17)24-19(33)18(32)20(35-24)23(34)29-14-6-7-14/h2-5,10-12,14,18-20,24,32-33H,6-9H2,1H3,(H,29,34)(H,25,26,27)/t18-,19+,20-,24+/m0/s1. The highest BCUT2D eigenvalue weighted by atomic mass is 16.6. The average molecular weight is 478 g/mol. The van der Waals surface area contributed by atoms with Gasteiger partial charge in [-0.1, -0.05) is 18.2 Å². The first-order chi connectivity index (χ1) is 17.0. The Bertz CT molecular complexity index is 1400. The number of hydrogen-bond donors (Lipinski definition) is 4. The van der Waals surface area contributed by atoms with Crippen molar-refractivity contribution < 1.29 is 19.7 Å². The van der Waals surface area contributed by atoms with Gasteiger partial charge in [-0.05, 0) is 30.9 Å². The molecule has 1 saturated heterocycles.